The van der Waals surface area contributed by atoms with Gasteiger partial charge in [-0.05, 0) is 31.2 Å². The highest BCUT2D eigenvalue weighted by Crippen LogP contribution is 2.34. The lowest BCUT2D eigenvalue weighted by Crippen LogP contribution is -2.14. The van der Waals surface area contributed by atoms with E-state index in [9.17, 15) is 4.79 Å². The molecule has 0 unspecified atom stereocenters. The number of carbonyl (C=O) groups is 1. The van der Waals surface area contributed by atoms with E-state index in [0.29, 0.717) is 34.7 Å². The van der Waals surface area contributed by atoms with E-state index in [2.05, 4.69) is 20.5 Å². The molecule has 138 valence electrons. The summed E-state index contributed by atoms with van der Waals surface area (Å²) >= 11 is 1.33. The molecule has 1 aliphatic heterocycles. The molecule has 1 aromatic carbocycles. The smallest absolute Gasteiger partial charge is 0.234 e. The third-order valence-corrected chi connectivity index (χ3v) is 4.88. The molecule has 0 radical (unpaired) electrons. The van der Waals surface area contributed by atoms with Crippen molar-refractivity contribution >= 4 is 23.4 Å². The Balaban J connectivity index is 1.41. The molecule has 9 heteroatoms. The van der Waals surface area contributed by atoms with E-state index in [0.717, 1.165) is 5.69 Å². The zero-order valence-corrected chi connectivity index (χ0v) is 15.4. The van der Waals surface area contributed by atoms with Gasteiger partial charge in [-0.3, -0.25) is 9.78 Å². The van der Waals surface area contributed by atoms with Gasteiger partial charge in [0.2, 0.25) is 12.7 Å². The predicted octanol–water partition coefficient (Wildman–Crippen LogP) is 2.82. The van der Waals surface area contributed by atoms with Crippen LogP contribution in [-0.2, 0) is 11.3 Å². The number of aromatic nitrogens is 4. The van der Waals surface area contributed by atoms with Crippen LogP contribution >= 0.6 is 11.8 Å². The van der Waals surface area contributed by atoms with Crippen molar-refractivity contribution in [1.29, 1.82) is 0 Å². The molecule has 0 fully saturated rings. The second kappa shape index (κ2) is 7.67. The molecule has 0 saturated heterocycles. The number of fused-ring (bicyclic) bond motifs is 1. The summed E-state index contributed by atoms with van der Waals surface area (Å²) in [4.78, 5) is 16.6. The van der Waals surface area contributed by atoms with E-state index < -0.39 is 0 Å². The van der Waals surface area contributed by atoms with Gasteiger partial charge in [0.25, 0.3) is 0 Å². The Labute approximate surface area is 159 Å². The third kappa shape index (κ3) is 3.72. The highest BCUT2D eigenvalue weighted by Gasteiger charge is 2.17. The Morgan fingerprint density at radius 2 is 2.11 bits per heavy atom. The maximum atomic E-state index is 12.3. The molecular formula is C18H17N5O3S. The lowest BCUT2D eigenvalue weighted by atomic mass is 10.3. The van der Waals surface area contributed by atoms with Crippen LogP contribution < -0.4 is 14.8 Å². The summed E-state index contributed by atoms with van der Waals surface area (Å²) < 4.78 is 12.5. The average molecular weight is 383 g/mol. The van der Waals surface area contributed by atoms with E-state index in [-0.39, 0.29) is 18.5 Å². The van der Waals surface area contributed by atoms with Crippen molar-refractivity contribution in [1.82, 2.24) is 19.7 Å². The number of nitrogens with zero attached hydrogens (tertiary/aromatic N) is 4. The van der Waals surface area contributed by atoms with Crippen LogP contribution in [0.4, 0.5) is 5.69 Å². The van der Waals surface area contributed by atoms with E-state index in [4.69, 9.17) is 9.47 Å². The molecular weight excluding hydrogens is 366 g/mol. The number of benzene rings is 1. The monoisotopic (exact) mass is 383 g/mol. The summed E-state index contributed by atoms with van der Waals surface area (Å²) in [5.74, 6) is 2.08. The van der Waals surface area contributed by atoms with E-state index in [1.807, 2.05) is 29.7 Å². The Hall–Kier alpha value is -3.07. The quantitative estimate of drug-likeness (QED) is 0.655. The lowest BCUT2D eigenvalue weighted by molar-refractivity contribution is -0.113. The predicted molar refractivity (Wildman–Crippen MR) is 101 cm³/mol. The van der Waals surface area contributed by atoms with Crippen molar-refractivity contribution in [2.45, 2.75) is 18.6 Å². The topological polar surface area (TPSA) is 91.2 Å². The molecule has 0 aliphatic carbocycles. The summed E-state index contributed by atoms with van der Waals surface area (Å²) in [7, 11) is 0. The number of anilines is 1. The molecule has 27 heavy (non-hydrogen) atoms. The zero-order valence-electron chi connectivity index (χ0n) is 14.6. The number of thioether (sulfide) groups is 1. The van der Waals surface area contributed by atoms with Gasteiger partial charge in [-0.2, -0.15) is 0 Å². The minimum atomic E-state index is -0.135. The number of amides is 1. The first kappa shape index (κ1) is 17.3. The highest BCUT2D eigenvalue weighted by molar-refractivity contribution is 7.99. The Bertz CT molecular complexity index is 961. The van der Waals surface area contributed by atoms with Gasteiger partial charge in [-0.1, -0.05) is 17.8 Å². The summed E-state index contributed by atoms with van der Waals surface area (Å²) in [6.45, 7) is 2.89. The Morgan fingerprint density at radius 3 is 2.93 bits per heavy atom. The number of hydrogen-bond donors (Lipinski definition) is 1. The van der Waals surface area contributed by atoms with E-state index in [1.165, 1.54) is 11.8 Å². The van der Waals surface area contributed by atoms with Crippen molar-refractivity contribution in [3.63, 3.8) is 0 Å². The average Bonchev–Trinajstić information content (AvgIpc) is 3.33. The van der Waals surface area contributed by atoms with Crippen LogP contribution in [0.15, 0.2) is 47.8 Å². The molecule has 0 spiro atoms. The van der Waals surface area contributed by atoms with Crippen molar-refractivity contribution in [2.24, 2.45) is 0 Å². The van der Waals surface area contributed by atoms with E-state index in [1.54, 1.807) is 24.4 Å². The van der Waals surface area contributed by atoms with Crippen LogP contribution in [-0.4, -0.2) is 38.2 Å². The van der Waals surface area contributed by atoms with Gasteiger partial charge in [-0.25, -0.2) is 0 Å². The van der Waals surface area contributed by atoms with Gasteiger partial charge in [0.15, 0.2) is 22.5 Å². The Kier molecular flexibility index (Phi) is 4.93. The minimum Gasteiger partial charge on any atom is -0.454 e. The summed E-state index contributed by atoms with van der Waals surface area (Å²) in [6.07, 6.45) is 1.72. The highest BCUT2D eigenvalue weighted by atomic mass is 32.2. The van der Waals surface area contributed by atoms with Crippen molar-refractivity contribution in [3.05, 3.63) is 42.6 Å². The number of pyridine rings is 1. The normalized spacial score (nSPS) is 12.2. The molecule has 8 nitrogen and oxygen atoms in total. The van der Waals surface area contributed by atoms with Gasteiger partial charge in [0.1, 0.15) is 5.69 Å². The largest absolute Gasteiger partial charge is 0.454 e. The SMILES string of the molecule is CCn1c(SCC(=O)Nc2ccc3c(c2)OCO3)nnc1-c1ccccn1. The number of hydrogen-bond acceptors (Lipinski definition) is 7. The molecule has 1 N–H and O–H groups in total. The van der Waals surface area contributed by atoms with Crippen LogP contribution in [0.25, 0.3) is 11.5 Å². The number of nitrogens with one attached hydrogen (secondary N) is 1. The second-order valence-electron chi connectivity index (χ2n) is 5.67. The van der Waals surface area contributed by atoms with Crippen LogP contribution in [0, 0.1) is 0 Å². The van der Waals surface area contributed by atoms with Gasteiger partial charge < -0.3 is 19.4 Å². The molecule has 3 heterocycles. The van der Waals surface area contributed by atoms with Crippen molar-refractivity contribution in [3.8, 4) is 23.0 Å². The summed E-state index contributed by atoms with van der Waals surface area (Å²) in [5, 5.41) is 12.0. The number of ether oxygens (including phenoxy) is 2. The molecule has 1 aliphatic rings. The molecule has 2 aromatic heterocycles. The summed E-state index contributed by atoms with van der Waals surface area (Å²) in [5.41, 5.74) is 1.42. The van der Waals surface area contributed by atoms with Crippen LogP contribution in [0.1, 0.15) is 6.92 Å². The van der Waals surface area contributed by atoms with E-state index >= 15 is 0 Å². The second-order valence-corrected chi connectivity index (χ2v) is 6.61. The standard InChI is InChI=1S/C18H17N5O3S/c1-2-23-17(13-5-3-4-8-19-13)21-22-18(23)27-10-16(24)20-12-6-7-14-15(9-12)26-11-25-14/h3-9H,2,10-11H2,1H3,(H,20,24). The first-order chi connectivity index (χ1) is 13.2. The summed E-state index contributed by atoms with van der Waals surface area (Å²) in [6, 6.07) is 11.0. The molecule has 0 atom stereocenters. The maximum Gasteiger partial charge on any atom is 0.234 e. The van der Waals surface area contributed by atoms with Gasteiger partial charge in [0, 0.05) is 24.5 Å². The molecule has 4 rings (SSSR count). The molecule has 3 aromatic rings. The third-order valence-electron chi connectivity index (χ3n) is 3.92. The molecule has 1 amide bonds. The molecule has 0 saturated carbocycles. The first-order valence-corrected chi connectivity index (χ1v) is 9.40. The lowest BCUT2D eigenvalue weighted by Gasteiger charge is -2.08. The van der Waals surface area contributed by atoms with Crippen LogP contribution in [0.3, 0.4) is 0 Å². The fourth-order valence-electron chi connectivity index (χ4n) is 2.67. The maximum absolute atomic E-state index is 12.3. The minimum absolute atomic E-state index is 0.135. The fourth-order valence-corrected chi connectivity index (χ4v) is 3.47. The molecule has 0 bridgehead atoms. The van der Waals surface area contributed by atoms with Crippen molar-refractivity contribution < 1.29 is 14.3 Å². The van der Waals surface area contributed by atoms with Crippen molar-refractivity contribution in [2.75, 3.05) is 17.9 Å². The van der Waals surface area contributed by atoms with Crippen LogP contribution in [0.2, 0.25) is 0 Å². The zero-order chi connectivity index (χ0) is 18.6. The fraction of sp³-hybridized carbons (Fsp3) is 0.222. The van der Waals surface area contributed by atoms with Gasteiger partial charge >= 0.3 is 0 Å². The number of carbonyl (C=O) groups excluding carboxylic acids is 1. The first-order valence-electron chi connectivity index (χ1n) is 8.41. The number of rotatable bonds is 6. The van der Waals surface area contributed by atoms with Crippen LogP contribution in [0.5, 0.6) is 11.5 Å². The van der Waals surface area contributed by atoms with Gasteiger partial charge in [0.05, 0.1) is 5.75 Å². The Morgan fingerprint density at radius 1 is 1.22 bits per heavy atom. The van der Waals surface area contributed by atoms with Gasteiger partial charge in [-0.15, -0.1) is 10.2 Å².